The molecule has 0 atom stereocenters. The lowest BCUT2D eigenvalue weighted by molar-refractivity contribution is 0.254. The van der Waals surface area contributed by atoms with E-state index in [-0.39, 0.29) is 5.41 Å². The second-order valence-corrected chi connectivity index (χ2v) is 7.83. The van der Waals surface area contributed by atoms with Gasteiger partial charge < -0.3 is 15.5 Å². The zero-order valence-corrected chi connectivity index (χ0v) is 16.4. The smallest absolute Gasteiger partial charge is 0.152 e. The number of anilines is 2. The number of hydrogen-bond acceptors (Lipinski definition) is 6. The summed E-state index contributed by atoms with van der Waals surface area (Å²) in [6, 6.07) is 5.91. The van der Waals surface area contributed by atoms with Gasteiger partial charge in [0.15, 0.2) is 5.65 Å². The Bertz CT molecular complexity index is 890. The average molecular weight is 363 g/mol. The SMILES string of the molecule is [B]c1cnn2c(NCc3cccnc3)cc(NCC(C)(C)CN(C)C)nc12. The number of nitrogens with one attached hydrogen (secondary N) is 2. The number of nitrogens with zero attached hydrogens (tertiary/aromatic N) is 5. The molecule has 0 saturated carbocycles. The van der Waals surface area contributed by atoms with E-state index in [9.17, 15) is 0 Å². The summed E-state index contributed by atoms with van der Waals surface area (Å²) in [5, 5.41) is 11.2. The Balaban J connectivity index is 1.80. The summed E-state index contributed by atoms with van der Waals surface area (Å²) in [4.78, 5) is 11.0. The molecule has 7 nitrogen and oxygen atoms in total. The molecule has 0 aliphatic rings. The fourth-order valence-electron chi connectivity index (χ4n) is 3.13. The molecule has 0 amide bonds. The minimum atomic E-state index is 0.104. The highest BCUT2D eigenvalue weighted by Gasteiger charge is 2.19. The summed E-state index contributed by atoms with van der Waals surface area (Å²) >= 11 is 0. The van der Waals surface area contributed by atoms with E-state index in [0.29, 0.717) is 17.7 Å². The van der Waals surface area contributed by atoms with Crippen LogP contribution in [0.4, 0.5) is 11.6 Å². The summed E-state index contributed by atoms with van der Waals surface area (Å²) in [7, 11) is 10.2. The first-order valence-corrected chi connectivity index (χ1v) is 9.00. The third-order valence-electron chi connectivity index (χ3n) is 4.19. The molecule has 2 N–H and O–H groups in total. The van der Waals surface area contributed by atoms with Crippen LogP contribution in [0.3, 0.4) is 0 Å². The number of pyridine rings is 1. The third kappa shape index (κ3) is 4.98. The molecule has 8 heteroatoms. The van der Waals surface area contributed by atoms with Gasteiger partial charge in [-0.1, -0.05) is 19.9 Å². The molecule has 0 aliphatic heterocycles. The molecule has 0 aromatic carbocycles. The first-order chi connectivity index (χ1) is 12.8. The minimum Gasteiger partial charge on any atom is -0.369 e. The Morgan fingerprint density at radius 2 is 2.04 bits per heavy atom. The zero-order chi connectivity index (χ0) is 19.4. The standard InChI is InChI=1S/C19H26BN7/c1-19(2,13-26(3)4)12-23-16-8-17(22-10-14-6-5-7-21-9-14)27-18(25-16)15(20)11-24-27/h5-9,11,22H,10,12-13H2,1-4H3,(H,23,25). The van der Waals surface area contributed by atoms with Crippen molar-refractivity contribution < 1.29 is 0 Å². The Morgan fingerprint density at radius 3 is 2.74 bits per heavy atom. The fraction of sp³-hybridized carbons (Fsp3) is 0.421. The van der Waals surface area contributed by atoms with Gasteiger partial charge in [0.1, 0.15) is 19.5 Å². The molecular formula is C19H26BN7. The van der Waals surface area contributed by atoms with Crippen LogP contribution in [-0.2, 0) is 6.54 Å². The Labute approximate surface area is 161 Å². The van der Waals surface area contributed by atoms with E-state index in [4.69, 9.17) is 7.85 Å². The van der Waals surface area contributed by atoms with Gasteiger partial charge in [-0.05, 0) is 36.6 Å². The van der Waals surface area contributed by atoms with E-state index < -0.39 is 0 Å². The molecular weight excluding hydrogens is 337 g/mol. The Hall–Kier alpha value is -2.61. The molecule has 3 aromatic heterocycles. The van der Waals surface area contributed by atoms with Crippen LogP contribution < -0.4 is 16.1 Å². The summed E-state index contributed by atoms with van der Waals surface area (Å²) in [5.74, 6) is 1.60. The summed E-state index contributed by atoms with van der Waals surface area (Å²) < 4.78 is 1.72. The maximum atomic E-state index is 6.05. The zero-order valence-electron chi connectivity index (χ0n) is 16.4. The molecule has 0 bridgehead atoms. The van der Waals surface area contributed by atoms with Gasteiger partial charge in [-0.25, -0.2) is 4.98 Å². The van der Waals surface area contributed by atoms with E-state index in [2.05, 4.69) is 58.5 Å². The van der Waals surface area contributed by atoms with E-state index >= 15 is 0 Å². The summed E-state index contributed by atoms with van der Waals surface area (Å²) in [6.45, 7) is 6.87. The Morgan fingerprint density at radius 1 is 1.22 bits per heavy atom. The van der Waals surface area contributed by atoms with Crippen molar-refractivity contribution in [1.29, 1.82) is 0 Å². The van der Waals surface area contributed by atoms with Crippen LogP contribution in [0.5, 0.6) is 0 Å². The monoisotopic (exact) mass is 363 g/mol. The Kier molecular flexibility index (Phi) is 5.65. The first kappa shape index (κ1) is 19.2. The molecule has 3 aromatic rings. The van der Waals surface area contributed by atoms with Crippen molar-refractivity contribution in [2.24, 2.45) is 5.41 Å². The fourth-order valence-corrected chi connectivity index (χ4v) is 3.13. The lowest BCUT2D eigenvalue weighted by atomic mass is 9.93. The van der Waals surface area contributed by atoms with E-state index in [1.54, 1.807) is 16.9 Å². The predicted octanol–water partition coefficient (Wildman–Crippen LogP) is 1.53. The van der Waals surface area contributed by atoms with Crippen LogP contribution in [0.25, 0.3) is 5.65 Å². The molecule has 27 heavy (non-hydrogen) atoms. The van der Waals surface area contributed by atoms with Crippen LogP contribution >= 0.6 is 0 Å². The van der Waals surface area contributed by atoms with Crippen molar-refractivity contribution in [2.45, 2.75) is 20.4 Å². The minimum absolute atomic E-state index is 0.104. The number of aromatic nitrogens is 4. The van der Waals surface area contributed by atoms with Gasteiger partial charge in [0.2, 0.25) is 0 Å². The van der Waals surface area contributed by atoms with Gasteiger partial charge in [-0.3, -0.25) is 4.98 Å². The van der Waals surface area contributed by atoms with Crippen molar-refractivity contribution in [3.8, 4) is 0 Å². The molecule has 2 radical (unpaired) electrons. The first-order valence-electron chi connectivity index (χ1n) is 9.00. The molecule has 0 fully saturated rings. The van der Waals surface area contributed by atoms with Crippen molar-refractivity contribution in [1.82, 2.24) is 24.5 Å². The second-order valence-electron chi connectivity index (χ2n) is 7.83. The van der Waals surface area contributed by atoms with Crippen LogP contribution in [0.2, 0.25) is 0 Å². The maximum Gasteiger partial charge on any atom is 0.152 e. The van der Waals surface area contributed by atoms with Crippen molar-refractivity contribution in [2.75, 3.05) is 37.8 Å². The molecule has 0 aliphatic carbocycles. The van der Waals surface area contributed by atoms with Gasteiger partial charge in [0, 0.05) is 44.3 Å². The van der Waals surface area contributed by atoms with Gasteiger partial charge in [0.25, 0.3) is 0 Å². The lowest BCUT2D eigenvalue weighted by Gasteiger charge is -2.28. The highest BCUT2D eigenvalue weighted by Crippen LogP contribution is 2.20. The van der Waals surface area contributed by atoms with Crippen molar-refractivity contribution in [3.63, 3.8) is 0 Å². The molecule has 0 spiro atoms. The maximum absolute atomic E-state index is 6.05. The quantitative estimate of drug-likeness (QED) is 0.592. The largest absolute Gasteiger partial charge is 0.369 e. The summed E-state index contributed by atoms with van der Waals surface area (Å²) in [6.07, 6.45) is 5.23. The van der Waals surface area contributed by atoms with Crippen molar-refractivity contribution >= 4 is 30.6 Å². The van der Waals surface area contributed by atoms with E-state index in [0.717, 1.165) is 30.3 Å². The van der Waals surface area contributed by atoms with Crippen molar-refractivity contribution in [3.05, 3.63) is 42.4 Å². The van der Waals surface area contributed by atoms with Gasteiger partial charge in [-0.2, -0.15) is 9.61 Å². The molecule has 0 saturated heterocycles. The van der Waals surface area contributed by atoms with Gasteiger partial charge in [-0.15, -0.1) is 0 Å². The lowest BCUT2D eigenvalue weighted by Crippen LogP contribution is -2.34. The second kappa shape index (κ2) is 7.96. The van der Waals surface area contributed by atoms with Crippen LogP contribution in [0.1, 0.15) is 19.4 Å². The van der Waals surface area contributed by atoms with Gasteiger partial charge in [0.05, 0.1) is 0 Å². The van der Waals surface area contributed by atoms with E-state index in [1.165, 1.54) is 0 Å². The highest BCUT2D eigenvalue weighted by atomic mass is 15.3. The average Bonchev–Trinajstić information content (AvgIpc) is 2.99. The molecule has 3 heterocycles. The van der Waals surface area contributed by atoms with E-state index in [1.807, 2.05) is 24.4 Å². The summed E-state index contributed by atoms with van der Waals surface area (Å²) in [5.41, 5.74) is 2.38. The van der Waals surface area contributed by atoms with Crippen LogP contribution in [-0.4, -0.2) is 59.5 Å². The van der Waals surface area contributed by atoms with Crippen LogP contribution in [0.15, 0.2) is 36.8 Å². The normalized spacial score (nSPS) is 11.9. The molecule has 140 valence electrons. The highest BCUT2D eigenvalue weighted by molar-refractivity contribution is 6.36. The topological polar surface area (TPSA) is 70.4 Å². The van der Waals surface area contributed by atoms with Crippen LogP contribution in [0, 0.1) is 5.41 Å². The molecule has 0 unspecified atom stereocenters. The number of fused-ring (bicyclic) bond motifs is 1. The number of hydrogen-bond donors (Lipinski definition) is 2. The third-order valence-corrected chi connectivity index (χ3v) is 4.19. The van der Waals surface area contributed by atoms with Gasteiger partial charge >= 0.3 is 0 Å². The molecule has 3 rings (SSSR count). The predicted molar refractivity (Wildman–Crippen MR) is 111 cm³/mol. The number of rotatable bonds is 8.